The SMILES string of the molecule is C[C@@H](C(=O)N1CCOCC1)N1CC[C@H](N(CC(N)=O)S(=O)(=O)c2cc3ccc(Cl)cc3s2)C1=O. The first-order valence-electron chi connectivity index (χ1n) is 10.8. The molecule has 4 rings (SSSR count). The lowest BCUT2D eigenvalue weighted by Gasteiger charge is -2.33. The number of hydrogen-bond donors (Lipinski definition) is 1. The largest absolute Gasteiger partial charge is 0.378 e. The first-order valence-corrected chi connectivity index (χ1v) is 13.4. The fourth-order valence-corrected chi connectivity index (χ4v) is 7.64. The first-order chi connectivity index (χ1) is 16.1. The summed E-state index contributed by atoms with van der Waals surface area (Å²) in [6, 6.07) is 4.60. The van der Waals surface area contributed by atoms with Crippen molar-refractivity contribution < 1.29 is 27.5 Å². The Kier molecular flexibility index (Phi) is 7.15. The third-order valence-electron chi connectivity index (χ3n) is 6.04. The summed E-state index contributed by atoms with van der Waals surface area (Å²) in [7, 11) is -4.23. The minimum Gasteiger partial charge on any atom is -0.378 e. The molecule has 1 aromatic carbocycles. The van der Waals surface area contributed by atoms with Gasteiger partial charge in [0.2, 0.25) is 17.7 Å². The molecule has 2 fully saturated rings. The Hall–Kier alpha value is -2.25. The lowest BCUT2D eigenvalue weighted by Crippen LogP contribution is -2.53. The van der Waals surface area contributed by atoms with Gasteiger partial charge >= 0.3 is 0 Å². The van der Waals surface area contributed by atoms with Gasteiger partial charge in [0.1, 0.15) is 16.3 Å². The fraction of sp³-hybridized carbons (Fsp3) is 0.476. The zero-order valence-corrected chi connectivity index (χ0v) is 20.9. The number of nitrogens with two attached hydrogens (primary N) is 1. The minimum absolute atomic E-state index is 0.0188. The lowest BCUT2D eigenvalue weighted by molar-refractivity contribution is -0.146. The quantitative estimate of drug-likeness (QED) is 0.567. The number of thiophene rings is 1. The van der Waals surface area contributed by atoms with E-state index >= 15 is 0 Å². The molecule has 13 heteroatoms. The molecule has 2 N–H and O–H groups in total. The number of hydrogen-bond acceptors (Lipinski definition) is 7. The first kappa shape index (κ1) is 24.9. The predicted octanol–water partition coefficient (Wildman–Crippen LogP) is 0.879. The number of benzene rings is 1. The maximum absolute atomic E-state index is 13.5. The fourth-order valence-electron chi connectivity index (χ4n) is 4.26. The molecule has 34 heavy (non-hydrogen) atoms. The highest BCUT2D eigenvalue weighted by molar-refractivity contribution is 7.91. The highest BCUT2D eigenvalue weighted by Crippen LogP contribution is 2.34. The van der Waals surface area contributed by atoms with Crippen LogP contribution in [0.5, 0.6) is 0 Å². The maximum atomic E-state index is 13.5. The molecule has 0 bridgehead atoms. The van der Waals surface area contributed by atoms with Crippen LogP contribution in [0.25, 0.3) is 10.1 Å². The lowest BCUT2D eigenvalue weighted by atomic mass is 10.2. The highest BCUT2D eigenvalue weighted by atomic mass is 35.5. The van der Waals surface area contributed by atoms with Gasteiger partial charge in [0.25, 0.3) is 10.0 Å². The Balaban J connectivity index is 1.60. The molecule has 2 saturated heterocycles. The number of amides is 3. The summed E-state index contributed by atoms with van der Waals surface area (Å²) >= 11 is 7.02. The number of carbonyl (C=O) groups is 3. The van der Waals surface area contributed by atoms with E-state index in [1.807, 2.05) is 0 Å². The summed E-state index contributed by atoms with van der Waals surface area (Å²) < 4.78 is 33.9. The number of nitrogens with zero attached hydrogens (tertiary/aromatic N) is 3. The normalized spacial score (nSPS) is 20.3. The van der Waals surface area contributed by atoms with Crippen molar-refractivity contribution >= 4 is 60.8 Å². The van der Waals surface area contributed by atoms with Crippen LogP contribution in [-0.4, -0.2) is 91.7 Å². The summed E-state index contributed by atoms with van der Waals surface area (Å²) in [6.45, 7) is 2.90. The van der Waals surface area contributed by atoms with Crippen molar-refractivity contribution in [3.05, 3.63) is 29.3 Å². The number of carbonyl (C=O) groups excluding carboxylic acids is 3. The average molecular weight is 529 g/mol. The van der Waals surface area contributed by atoms with Crippen LogP contribution in [0, 0.1) is 0 Å². The van der Waals surface area contributed by atoms with E-state index in [0.717, 1.165) is 15.6 Å². The minimum atomic E-state index is -4.23. The van der Waals surface area contributed by atoms with Crippen molar-refractivity contribution in [2.45, 2.75) is 29.6 Å². The van der Waals surface area contributed by atoms with Gasteiger partial charge in [0.05, 0.1) is 19.8 Å². The van der Waals surface area contributed by atoms with Crippen molar-refractivity contribution in [2.75, 3.05) is 39.4 Å². The molecular weight excluding hydrogens is 504 g/mol. The summed E-state index contributed by atoms with van der Waals surface area (Å²) in [5, 5.41) is 1.14. The third kappa shape index (κ3) is 4.78. The topological polar surface area (TPSA) is 130 Å². The molecule has 2 aromatic rings. The highest BCUT2D eigenvalue weighted by Gasteiger charge is 2.45. The molecule has 0 aliphatic carbocycles. The standard InChI is InChI=1S/C21H25ClN4O6S2/c1-13(20(28)24-6-8-32-9-7-24)25-5-4-16(21(25)29)26(12-18(23)27)34(30,31)19-10-14-2-3-15(22)11-17(14)33-19/h2-3,10-11,13,16H,4-9,12H2,1H3,(H2,23,27)/t13-,16-/m0/s1. The number of likely N-dealkylation sites (tertiary alicyclic amines) is 1. The summed E-state index contributed by atoms with van der Waals surface area (Å²) in [5.41, 5.74) is 5.36. The van der Waals surface area contributed by atoms with Crippen LogP contribution in [0.1, 0.15) is 13.3 Å². The zero-order valence-electron chi connectivity index (χ0n) is 18.5. The molecule has 0 spiro atoms. The van der Waals surface area contributed by atoms with Gasteiger partial charge in [0, 0.05) is 29.4 Å². The number of fused-ring (bicyclic) bond motifs is 1. The Morgan fingerprint density at radius 1 is 1.26 bits per heavy atom. The van der Waals surface area contributed by atoms with Crippen molar-refractivity contribution in [2.24, 2.45) is 5.73 Å². The Morgan fingerprint density at radius 3 is 2.65 bits per heavy atom. The Labute approximate surface area is 206 Å². The molecule has 0 unspecified atom stereocenters. The number of rotatable bonds is 7. The smallest absolute Gasteiger partial charge is 0.253 e. The summed E-state index contributed by atoms with van der Waals surface area (Å²) in [6.07, 6.45) is 0.142. The maximum Gasteiger partial charge on any atom is 0.253 e. The van der Waals surface area contributed by atoms with Gasteiger partial charge in [-0.2, -0.15) is 4.31 Å². The summed E-state index contributed by atoms with van der Waals surface area (Å²) in [4.78, 5) is 41.0. The van der Waals surface area contributed by atoms with Gasteiger partial charge in [-0.3, -0.25) is 14.4 Å². The third-order valence-corrected chi connectivity index (χ3v) is 9.68. The number of morpholine rings is 1. The van der Waals surface area contributed by atoms with Crippen LogP contribution in [0.2, 0.25) is 5.02 Å². The number of sulfonamides is 1. The van der Waals surface area contributed by atoms with E-state index in [2.05, 4.69) is 0 Å². The molecule has 0 radical (unpaired) electrons. The Bertz CT molecular complexity index is 1230. The molecule has 10 nitrogen and oxygen atoms in total. The predicted molar refractivity (Wildman–Crippen MR) is 127 cm³/mol. The van der Waals surface area contributed by atoms with Crippen LogP contribution in [0.3, 0.4) is 0 Å². The van der Waals surface area contributed by atoms with E-state index in [0.29, 0.717) is 41.4 Å². The molecule has 2 atom stereocenters. The van der Waals surface area contributed by atoms with E-state index in [1.165, 1.54) is 11.0 Å². The Morgan fingerprint density at radius 2 is 1.97 bits per heavy atom. The van der Waals surface area contributed by atoms with Crippen molar-refractivity contribution in [3.8, 4) is 0 Å². The van der Waals surface area contributed by atoms with Crippen molar-refractivity contribution in [1.82, 2.24) is 14.1 Å². The number of ether oxygens (including phenoxy) is 1. The van der Waals surface area contributed by atoms with Gasteiger partial charge in [-0.1, -0.05) is 17.7 Å². The van der Waals surface area contributed by atoms with E-state index in [9.17, 15) is 22.8 Å². The molecule has 2 aliphatic rings. The summed E-state index contributed by atoms with van der Waals surface area (Å²) in [5.74, 6) is -1.62. The molecule has 184 valence electrons. The average Bonchev–Trinajstić information content (AvgIpc) is 3.40. The molecule has 3 amide bonds. The second kappa shape index (κ2) is 9.78. The van der Waals surface area contributed by atoms with Gasteiger partial charge in [0.15, 0.2) is 0 Å². The van der Waals surface area contributed by atoms with Gasteiger partial charge in [-0.15, -0.1) is 11.3 Å². The van der Waals surface area contributed by atoms with Gasteiger partial charge < -0.3 is 20.3 Å². The van der Waals surface area contributed by atoms with Crippen LogP contribution >= 0.6 is 22.9 Å². The van der Waals surface area contributed by atoms with Crippen molar-refractivity contribution in [1.29, 1.82) is 0 Å². The van der Waals surface area contributed by atoms with Crippen molar-refractivity contribution in [3.63, 3.8) is 0 Å². The van der Waals surface area contributed by atoms with Crippen LogP contribution in [0.4, 0.5) is 0 Å². The molecular formula is C21H25ClN4O6S2. The van der Waals surface area contributed by atoms with E-state index < -0.39 is 40.5 Å². The van der Waals surface area contributed by atoms with E-state index in [-0.39, 0.29) is 23.1 Å². The molecule has 3 heterocycles. The number of primary amides is 1. The van der Waals surface area contributed by atoms with Crippen LogP contribution in [-0.2, 0) is 29.1 Å². The molecule has 1 aromatic heterocycles. The second-order valence-electron chi connectivity index (χ2n) is 8.21. The van der Waals surface area contributed by atoms with E-state index in [1.54, 1.807) is 30.0 Å². The van der Waals surface area contributed by atoms with Crippen LogP contribution < -0.4 is 5.73 Å². The molecule has 2 aliphatic heterocycles. The van der Waals surface area contributed by atoms with E-state index in [4.69, 9.17) is 22.1 Å². The van der Waals surface area contributed by atoms with Gasteiger partial charge in [-0.05, 0) is 36.9 Å². The zero-order chi connectivity index (χ0) is 24.6. The monoisotopic (exact) mass is 528 g/mol. The number of halogens is 1. The van der Waals surface area contributed by atoms with Gasteiger partial charge in [-0.25, -0.2) is 8.42 Å². The second-order valence-corrected chi connectivity index (χ2v) is 11.9. The molecule has 0 saturated carbocycles. The van der Waals surface area contributed by atoms with Crippen LogP contribution in [0.15, 0.2) is 28.5 Å².